The van der Waals surface area contributed by atoms with Crippen LogP contribution >= 0.6 is 0 Å². The average molecular weight is 385 g/mol. The highest BCUT2D eigenvalue weighted by Gasteiger charge is 2.22. The van der Waals surface area contributed by atoms with Gasteiger partial charge in [0, 0.05) is 43.1 Å². The van der Waals surface area contributed by atoms with Crippen molar-refractivity contribution >= 4 is 22.6 Å². The van der Waals surface area contributed by atoms with Crippen LogP contribution in [0.15, 0.2) is 66.7 Å². The van der Waals surface area contributed by atoms with Crippen molar-refractivity contribution in [3.63, 3.8) is 0 Å². The van der Waals surface area contributed by atoms with Crippen LogP contribution in [-0.4, -0.2) is 52.2 Å². The molecule has 0 aliphatic carbocycles. The molecule has 1 amide bonds. The van der Waals surface area contributed by atoms with Crippen molar-refractivity contribution in [3.8, 4) is 11.3 Å². The minimum Gasteiger partial charge on any atom is -0.353 e. The van der Waals surface area contributed by atoms with Crippen molar-refractivity contribution in [1.82, 2.24) is 20.1 Å². The number of aromatic amines is 2. The van der Waals surface area contributed by atoms with Crippen molar-refractivity contribution in [2.75, 3.05) is 31.1 Å². The summed E-state index contributed by atoms with van der Waals surface area (Å²) in [6.07, 6.45) is 0.916. The first kappa shape index (κ1) is 17.6. The number of carbonyl (C=O) groups excluding carboxylic acids is 1. The number of benzene rings is 2. The highest BCUT2D eigenvalue weighted by Crippen LogP contribution is 2.23. The third-order valence-electron chi connectivity index (χ3n) is 5.52. The fraction of sp³-hybridized carbons (Fsp3) is 0.217. The molecule has 29 heavy (non-hydrogen) atoms. The van der Waals surface area contributed by atoms with Gasteiger partial charge < -0.3 is 14.8 Å². The fourth-order valence-electron chi connectivity index (χ4n) is 3.95. The second-order valence-electron chi connectivity index (χ2n) is 7.41. The largest absolute Gasteiger partial charge is 0.353 e. The number of hydrogen-bond donors (Lipinski definition) is 2. The van der Waals surface area contributed by atoms with Crippen LogP contribution in [0, 0.1) is 0 Å². The van der Waals surface area contributed by atoms with Gasteiger partial charge in [-0.3, -0.25) is 9.89 Å². The summed E-state index contributed by atoms with van der Waals surface area (Å²) in [6.45, 7) is 3.09. The Labute approximate surface area is 169 Å². The zero-order valence-corrected chi connectivity index (χ0v) is 16.1. The van der Waals surface area contributed by atoms with E-state index < -0.39 is 0 Å². The maximum atomic E-state index is 13.0. The number of anilines is 1. The minimum absolute atomic E-state index is 0.0649. The summed E-state index contributed by atoms with van der Waals surface area (Å²) in [5.74, 6) is 0.999. The van der Waals surface area contributed by atoms with Crippen LogP contribution in [0.25, 0.3) is 22.2 Å². The van der Waals surface area contributed by atoms with Gasteiger partial charge in [0.2, 0.25) is 0 Å². The predicted octanol–water partition coefficient (Wildman–Crippen LogP) is 3.91. The number of amides is 1. The summed E-state index contributed by atoms with van der Waals surface area (Å²) in [4.78, 5) is 20.5. The van der Waals surface area contributed by atoms with Crippen molar-refractivity contribution in [2.45, 2.75) is 6.42 Å². The number of aromatic nitrogens is 3. The molecule has 0 atom stereocenters. The van der Waals surface area contributed by atoms with Gasteiger partial charge in [-0.05, 0) is 24.1 Å². The summed E-state index contributed by atoms with van der Waals surface area (Å²) < 4.78 is 0. The van der Waals surface area contributed by atoms with E-state index in [4.69, 9.17) is 0 Å². The molecular formula is C23H23N5O. The lowest BCUT2D eigenvalue weighted by Gasteiger charge is -2.21. The predicted molar refractivity (Wildman–Crippen MR) is 115 cm³/mol. The SMILES string of the molecule is O=C(c1cc2ccccc2[nH]1)N1CCCN(c2cc(-c3ccccc3)[nH]n2)CC1. The lowest BCUT2D eigenvalue weighted by molar-refractivity contribution is 0.0762. The number of rotatable bonds is 3. The lowest BCUT2D eigenvalue weighted by atomic mass is 10.1. The highest BCUT2D eigenvalue weighted by molar-refractivity contribution is 5.98. The van der Waals surface area contributed by atoms with Crippen LogP contribution in [0.3, 0.4) is 0 Å². The van der Waals surface area contributed by atoms with E-state index in [-0.39, 0.29) is 5.91 Å². The van der Waals surface area contributed by atoms with E-state index in [1.165, 1.54) is 0 Å². The maximum Gasteiger partial charge on any atom is 0.270 e. The standard InChI is InChI=1S/C23H23N5O/c29-23(21-15-18-9-4-5-10-19(18)24-21)28-12-6-11-27(13-14-28)22-16-20(25-26-22)17-7-2-1-3-8-17/h1-5,7-10,15-16,24H,6,11-14H2,(H,25,26). The topological polar surface area (TPSA) is 68.0 Å². The Morgan fingerprint density at radius 2 is 1.72 bits per heavy atom. The Hall–Kier alpha value is -3.54. The number of H-pyrrole nitrogens is 2. The van der Waals surface area contributed by atoms with Gasteiger partial charge in [-0.15, -0.1) is 0 Å². The molecule has 1 fully saturated rings. The number of carbonyl (C=O) groups is 1. The quantitative estimate of drug-likeness (QED) is 0.562. The first-order valence-electron chi connectivity index (χ1n) is 10.0. The summed E-state index contributed by atoms with van der Waals surface area (Å²) in [6, 6.07) is 22.2. The third kappa shape index (κ3) is 3.49. The molecule has 2 aromatic heterocycles. The zero-order valence-electron chi connectivity index (χ0n) is 16.1. The smallest absolute Gasteiger partial charge is 0.270 e. The van der Waals surface area contributed by atoms with Gasteiger partial charge in [0.15, 0.2) is 5.82 Å². The Bertz CT molecular complexity index is 1100. The molecule has 1 aliphatic heterocycles. The minimum atomic E-state index is 0.0649. The molecule has 2 aromatic carbocycles. The van der Waals surface area contributed by atoms with Crippen LogP contribution in [0.4, 0.5) is 5.82 Å². The summed E-state index contributed by atoms with van der Waals surface area (Å²) in [5, 5.41) is 8.71. The Balaban J connectivity index is 1.29. The molecule has 0 unspecified atom stereocenters. The molecule has 1 saturated heterocycles. The van der Waals surface area contributed by atoms with E-state index in [1.807, 2.05) is 53.4 Å². The van der Waals surface area contributed by atoms with Crippen LogP contribution < -0.4 is 4.90 Å². The van der Waals surface area contributed by atoms with E-state index >= 15 is 0 Å². The molecule has 0 radical (unpaired) electrons. The number of para-hydroxylation sites is 1. The molecule has 1 aliphatic rings. The van der Waals surface area contributed by atoms with Gasteiger partial charge in [-0.25, -0.2) is 0 Å². The molecule has 4 aromatic rings. The van der Waals surface area contributed by atoms with E-state index in [1.54, 1.807) is 0 Å². The van der Waals surface area contributed by atoms with Gasteiger partial charge in [-0.2, -0.15) is 5.10 Å². The van der Waals surface area contributed by atoms with Gasteiger partial charge in [-0.1, -0.05) is 48.5 Å². The van der Waals surface area contributed by atoms with E-state index in [9.17, 15) is 4.79 Å². The van der Waals surface area contributed by atoms with Gasteiger partial charge >= 0.3 is 0 Å². The third-order valence-corrected chi connectivity index (χ3v) is 5.52. The van der Waals surface area contributed by atoms with E-state index in [0.29, 0.717) is 12.2 Å². The average Bonchev–Trinajstić information content (AvgIpc) is 3.36. The van der Waals surface area contributed by atoms with E-state index in [0.717, 1.165) is 54.0 Å². The second-order valence-corrected chi connectivity index (χ2v) is 7.41. The Morgan fingerprint density at radius 1 is 0.897 bits per heavy atom. The van der Waals surface area contributed by atoms with Gasteiger partial charge in [0.1, 0.15) is 5.69 Å². The molecule has 0 spiro atoms. The van der Waals surface area contributed by atoms with Crippen molar-refractivity contribution in [3.05, 3.63) is 72.4 Å². The van der Waals surface area contributed by atoms with Crippen molar-refractivity contribution < 1.29 is 4.79 Å². The highest BCUT2D eigenvalue weighted by atomic mass is 16.2. The number of fused-ring (bicyclic) bond motifs is 1. The van der Waals surface area contributed by atoms with Crippen molar-refractivity contribution in [1.29, 1.82) is 0 Å². The first-order chi connectivity index (χ1) is 14.3. The van der Waals surface area contributed by atoms with Crippen LogP contribution in [0.2, 0.25) is 0 Å². The molecular weight excluding hydrogens is 362 g/mol. The molecule has 6 heteroatoms. The molecule has 6 nitrogen and oxygen atoms in total. The van der Waals surface area contributed by atoms with Gasteiger partial charge in [0.25, 0.3) is 5.91 Å². The Morgan fingerprint density at radius 3 is 2.59 bits per heavy atom. The molecule has 0 bridgehead atoms. The number of nitrogens with one attached hydrogen (secondary N) is 2. The summed E-state index contributed by atoms with van der Waals surface area (Å²) >= 11 is 0. The summed E-state index contributed by atoms with van der Waals surface area (Å²) in [7, 11) is 0. The second kappa shape index (κ2) is 7.47. The molecule has 146 valence electrons. The maximum absolute atomic E-state index is 13.0. The molecule has 3 heterocycles. The zero-order chi connectivity index (χ0) is 19.6. The van der Waals surface area contributed by atoms with Crippen LogP contribution in [0.1, 0.15) is 16.9 Å². The van der Waals surface area contributed by atoms with Crippen LogP contribution in [-0.2, 0) is 0 Å². The fourth-order valence-corrected chi connectivity index (χ4v) is 3.95. The molecule has 0 saturated carbocycles. The Kier molecular flexibility index (Phi) is 4.52. The van der Waals surface area contributed by atoms with E-state index in [2.05, 4.69) is 38.3 Å². The van der Waals surface area contributed by atoms with Crippen molar-refractivity contribution in [2.24, 2.45) is 0 Å². The monoisotopic (exact) mass is 385 g/mol. The summed E-state index contributed by atoms with van der Waals surface area (Å²) in [5.41, 5.74) is 3.79. The number of hydrogen-bond acceptors (Lipinski definition) is 3. The van der Waals surface area contributed by atoms with Crippen LogP contribution in [0.5, 0.6) is 0 Å². The first-order valence-corrected chi connectivity index (χ1v) is 10.0. The lowest BCUT2D eigenvalue weighted by Crippen LogP contribution is -2.35. The number of nitrogens with zero attached hydrogens (tertiary/aromatic N) is 3. The normalized spacial score (nSPS) is 14.9. The molecule has 2 N–H and O–H groups in total. The molecule has 5 rings (SSSR count). The van der Waals surface area contributed by atoms with Gasteiger partial charge in [0.05, 0.1) is 5.69 Å².